The number of benzene rings is 2. The predicted molar refractivity (Wildman–Crippen MR) is 124 cm³/mol. The van der Waals surface area contributed by atoms with E-state index in [-0.39, 0.29) is 5.91 Å². The van der Waals surface area contributed by atoms with Crippen molar-refractivity contribution in [2.24, 2.45) is 0 Å². The number of hydrogen-bond acceptors (Lipinski definition) is 5. The summed E-state index contributed by atoms with van der Waals surface area (Å²) in [5.41, 5.74) is 2.98. The van der Waals surface area contributed by atoms with Crippen LogP contribution in [0.2, 0.25) is 0 Å². The molecule has 1 fully saturated rings. The summed E-state index contributed by atoms with van der Waals surface area (Å²) < 4.78 is 1.93. The third-order valence-corrected chi connectivity index (χ3v) is 5.84. The molecule has 160 valence electrons. The molecule has 1 aliphatic heterocycles. The first-order valence-electron chi connectivity index (χ1n) is 10.7. The van der Waals surface area contributed by atoms with Crippen molar-refractivity contribution in [3.63, 3.8) is 0 Å². The molecule has 0 atom stereocenters. The van der Waals surface area contributed by atoms with Crippen molar-refractivity contribution in [2.75, 3.05) is 31.1 Å². The maximum Gasteiger partial charge on any atom is 0.253 e. The van der Waals surface area contributed by atoms with Crippen LogP contribution in [0.15, 0.2) is 79.4 Å². The van der Waals surface area contributed by atoms with Gasteiger partial charge in [0, 0.05) is 50.2 Å². The molecule has 1 saturated heterocycles. The number of amides is 1. The standard InChI is InChI=1S/C25H24N6O/c1-19-26-11-12-31(19)24-17-23(27-18-28-24)29-13-15-30(16-14-29)25(32)22-9-7-21(8-10-22)20-5-3-2-4-6-20/h2-12,17-18H,13-16H2,1H3. The summed E-state index contributed by atoms with van der Waals surface area (Å²) in [4.78, 5) is 30.2. The number of imidazole rings is 1. The summed E-state index contributed by atoms with van der Waals surface area (Å²) in [6, 6.07) is 20.0. The van der Waals surface area contributed by atoms with Crippen molar-refractivity contribution in [3.8, 4) is 16.9 Å². The van der Waals surface area contributed by atoms with Crippen molar-refractivity contribution < 1.29 is 4.79 Å². The van der Waals surface area contributed by atoms with Crippen LogP contribution in [0.5, 0.6) is 0 Å². The van der Waals surface area contributed by atoms with Gasteiger partial charge in [-0.05, 0) is 30.2 Å². The zero-order chi connectivity index (χ0) is 21.9. The summed E-state index contributed by atoms with van der Waals surface area (Å²) in [5.74, 6) is 2.61. The van der Waals surface area contributed by atoms with Gasteiger partial charge in [-0.2, -0.15) is 0 Å². The first kappa shape index (κ1) is 19.9. The smallest absolute Gasteiger partial charge is 0.253 e. The molecular formula is C25H24N6O. The highest BCUT2D eigenvalue weighted by molar-refractivity contribution is 5.95. The number of carbonyl (C=O) groups excluding carboxylic acids is 1. The average Bonchev–Trinajstić information content (AvgIpc) is 3.30. The van der Waals surface area contributed by atoms with Gasteiger partial charge in [-0.3, -0.25) is 9.36 Å². The Morgan fingerprint density at radius 3 is 2.19 bits per heavy atom. The number of anilines is 1. The Balaban J connectivity index is 1.24. The molecule has 0 aliphatic carbocycles. The zero-order valence-electron chi connectivity index (χ0n) is 17.9. The summed E-state index contributed by atoms with van der Waals surface area (Å²) in [7, 11) is 0. The van der Waals surface area contributed by atoms with E-state index in [1.54, 1.807) is 12.5 Å². The van der Waals surface area contributed by atoms with Crippen LogP contribution in [0.1, 0.15) is 16.2 Å². The van der Waals surface area contributed by atoms with E-state index in [1.165, 1.54) is 0 Å². The van der Waals surface area contributed by atoms with Crippen molar-refractivity contribution in [1.29, 1.82) is 0 Å². The van der Waals surface area contributed by atoms with Crippen molar-refractivity contribution in [3.05, 3.63) is 90.8 Å². The highest BCUT2D eigenvalue weighted by Crippen LogP contribution is 2.21. The molecule has 32 heavy (non-hydrogen) atoms. The van der Waals surface area contributed by atoms with E-state index in [1.807, 2.05) is 71.1 Å². The van der Waals surface area contributed by atoms with Gasteiger partial charge in [-0.1, -0.05) is 42.5 Å². The second-order valence-corrected chi connectivity index (χ2v) is 7.80. The SMILES string of the molecule is Cc1nccn1-c1cc(N2CCN(C(=O)c3ccc(-c4ccccc4)cc3)CC2)ncn1. The second kappa shape index (κ2) is 8.63. The van der Waals surface area contributed by atoms with E-state index in [0.717, 1.165) is 47.2 Å². The Kier molecular flexibility index (Phi) is 5.37. The molecule has 0 bridgehead atoms. The highest BCUT2D eigenvalue weighted by Gasteiger charge is 2.23. The van der Waals surface area contributed by atoms with Gasteiger partial charge < -0.3 is 9.80 Å². The number of aryl methyl sites for hydroxylation is 1. The minimum atomic E-state index is 0.0710. The first-order valence-corrected chi connectivity index (χ1v) is 10.7. The third-order valence-electron chi connectivity index (χ3n) is 5.84. The molecule has 5 rings (SSSR count). The minimum absolute atomic E-state index is 0.0710. The van der Waals surface area contributed by atoms with E-state index in [9.17, 15) is 4.79 Å². The Morgan fingerprint density at radius 2 is 1.50 bits per heavy atom. The molecule has 0 unspecified atom stereocenters. The maximum atomic E-state index is 13.0. The van der Waals surface area contributed by atoms with E-state index in [0.29, 0.717) is 13.1 Å². The van der Waals surface area contributed by atoms with Gasteiger partial charge in [-0.15, -0.1) is 0 Å². The molecule has 7 heteroatoms. The Labute approximate surface area is 187 Å². The number of aromatic nitrogens is 4. The van der Waals surface area contributed by atoms with Crippen molar-refractivity contribution in [2.45, 2.75) is 6.92 Å². The Hall–Kier alpha value is -4.00. The average molecular weight is 425 g/mol. The van der Waals surface area contributed by atoms with Crippen LogP contribution in [-0.2, 0) is 0 Å². The third kappa shape index (κ3) is 3.97. The fourth-order valence-corrected chi connectivity index (χ4v) is 4.02. The maximum absolute atomic E-state index is 13.0. The number of carbonyl (C=O) groups is 1. The molecular weight excluding hydrogens is 400 g/mol. The van der Waals surface area contributed by atoms with Crippen LogP contribution in [0.3, 0.4) is 0 Å². The summed E-state index contributed by atoms with van der Waals surface area (Å²) in [6.45, 7) is 4.71. The van der Waals surface area contributed by atoms with E-state index in [4.69, 9.17) is 0 Å². The topological polar surface area (TPSA) is 67.2 Å². The molecule has 3 heterocycles. The number of piperazine rings is 1. The van der Waals surface area contributed by atoms with Gasteiger partial charge in [0.05, 0.1) is 0 Å². The molecule has 0 radical (unpaired) electrons. The lowest BCUT2D eigenvalue weighted by Crippen LogP contribution is -2.49. The minimum Gasteiger partial charge on any atom is -0.353 e. The number of hydrogen-bond donors (Lipinski definition) is 0. The Bertz CT molecular complexity index is 1210. The zero-order valence-corrected chi connectivity index (χ0v) is 17.9. The monoisotopic (exact) mass is 424 g/mol. The van der Waals surface area contributed by atoms with Crippen LogP contribution in [0.4, 0.5) is 5.82 Å². The van der Waals surface area contributed by atoms with Crippen LogP contribution in [0, 0.1) is 6.92 Å². The summed E-state index contributed by atoms with van der Waals surface area (Å²) in [5, 5.41) is 0. The lowest BCUT2D eigenvalue weighted by Gasteiger charge is -2.35. The molecule has 7 nitrogen and oxygen atoms in total. The first-order chi connectivity index (χ1) is 15.7. The molecule has 2 aromatic heterocycles. The van der Waals surface area contributed by atoms with Crippen molar-refractivity contribution in [1.82, 2.24) is 24.4 Å². The normalized spacial score (nSPS) is 13.9. The van der Waals surface area contributed by atoms with Gasteiger partial charge in [0.25, 0.3) is 5.91 Å². The lowest BCUT2D eigenvalue weighted by atomic mass is 10.0. The second-order valence-electron chi connectivity index (χ2n) is 7.80. The fraction of sp³-hybridized carbons (Fsp3) is 0.200. The highest BCUT2D eigenvalue weighted by atomic mass is 16.2. The van der Waals surface area contributed by atoms with E-state index >= 15 is 0 Å². The fourth-order valence-electron chi connectivity index (χ4n) is 4.02. The van der Waals surface area contributed by atoms with Gasteiger partial charge in [-0.25, -0.2) is 15.0 Å². The molecule has 4 aromatic rings. The molecule has 0 saturated carbocycles. The van der Waals surface area contributed by atoms with Crippen LogP contribution in [-0.4, -0.2) is 56.5 Å². The predicted octanol–water partition coefficient (Wildman–Crippen LogP) is 3.60. The van der Waals surface area contributed by atoms with Gasteiger partial charge in [0.15, 0.2) is 0 Å². The molecule has 1 amide bonds. The molecule has 1 aliphatic rings. The molecule has 0 spiro atoms. The van der Waals surface area contributed by atoms with Gasteiger partial charge in [0.1, 0.15) is 23.8 Å². The largest absolute Gasteiger partial charge is 0.353 e. The number of rotatable bonds is 4. The lowest BCUT2D eigenvalue weighted by molar-refractivity contribution is 0.0746. The number of nitrogens with zero attached hydrogens (tertiary/aromatic N) is 6. The van der Waals surface area contributed by atoms with Crippen LogP contribution < -0.4 is 4.90 Å². The Morgan fingerprint density at radius 1 is 0.812 bits per heavy atom. The van der Waals surface area contributed by atoms with E-state index < -0.39 is 0 Å². The van der Waals surface area contributed by atoms with Crippen LogP contribution in [0.25, 0.3) is 16.9 Å². The quantitative estimate of drug-likeness (QED) is 0.501. The summed E-state index contributed by atoms with van der Waals surface area (Å²) in [6.07, 6.45) is 5.23. The molecule has 2 aromatic carbocycles. The van der Waals surface area contributed by atoms with E-state index in [2.05, 4.69) is 32.0 Å². The summed E-state index contributed by atoms with van der Waals surface area (Å²) >= 11 is 0. The van der Waals surface area contributed by atoms with Gasteiger partial charge >= 0.3 is 0 Å². The molecule has 0 N–H and O–H groups in total. The van der Waals surface area contributed by atoms with Crippen LogP contribution >= 0.6 is 0 Å². The van der Waals surface area contributed by atoms with Gasteiger partial charge in [0.2, 0.25) is 0 Å². The van der Waals surface area contributed by atoms with Crippen molar-refractivity contribution >= 4 is 11.7 Å².